The van der Waals surface area contributed by atoms with Crippen molar-refractivity contribution in [3.05, 3.63) is 65.0 Å². The second-order valence-electron chi connectivity index (χ2n) is 6.65. The molecular weight excluding hydrogens is 420 g/mol. The lowest BCUT2D eigenvalue weighted by atomic mass is 10.1. The second kappa shape index (κ2) is 8.88. The summed E-state index contributed by atoms with van der Waals surface area (Å²) in [5.74, 6) is 0.324. The zero-order chi connectivity index (χ0) is 21.1. The van der Waals surface area contributed by atoms with E-state index in [1.54, 1.807) is 6.07 Å². The van der Waals surface area contributed by atoms with Crippen molar-refractivity contribution in [2.45, 2.75) is 11.8 Å². The number of carbonyl (C=O) groups is 1. The summed E-state index contributed by atoms with van der Waals surface area (Å²) in [4.78, 5) is 21.9. The van der Waals surface area contributed by atoms with E-state index in [2.05, 4.69) is 20.0 Å². The summed E-state index contributed by atoms with van der Waals surface area (Å²) in [7, 11) is 0. The molecule has 0 saturated heterocycles. The normalized spacial score (nSPS) is 12.2. The van der Waals surface area contributed by atoms with Gasteiger partial charge in [0.05, 0.1) is 28.3 Å². The van der Waals surface area contributed by atoms with E-state index in [0.29, 0.717) is 40.4 Å². The minimum atomic E-state index is -1.34. The first-order valence-corrected chi connectivity index (χ1v) is 11.3. The summed E-state index contributed by atoms with van der Waals surface area (Å²) in [5.41, 5.74) is 2.29. The van der Waals surface area contributed by atoms with Crippen LogP contribution in [0.25, 0.3) is 21.7 Å². The van der Waals surface area contributed by atoms with E-state index in [1.165, 1.54) is 17.4 Å². The Hall–Kier alpha value is -2.85. The standard InChI is InChI=1S/C21H20N4O3S2/c1-13-4-6-14(7-5-13)30(28)23-11-10-22-21(27)15-8-9-16(26)19-18(15)24-20(25-19)17-3-2-12-29-17/h2-9,12,23,26H,10-11H2,1H3,(H,22,27)(H,24,25). The molecule has 1 unspecified atom stereocenters. The highest BCUT2D eigenvalue weighted by Crippen LogP contribution is 2.30. The number of nitrogens with one attached hydrogen (secondary N) is 3. The Bertz CT molecular complexity index is 1160. The molecule has 2 heterocycles. The van der Waals surface area contributed by atoms with Gasteiger partial charge in [0.1, 0.15) is 22.6 Å². The van der Waals surface area contributed by atoms with Crippen molar-refractivity contribution in [3.8, 4) is 16.5 Å². The Morgan fingerprint density at radius 1 is 1.20 bits per heavy atom. The van der Waals surface area contributed by atoms with Crippen LogP contribution in [0.4, 0.5) is 0 Å². The molecule has 1 amide bonds. The lowest BCUT2D eigenvalue weighted by Gasteiger charge is -2.11. The van der Waals surface area contributed by atoms with Crippen molar-refractivity contribution in [2.75, 3.05) is 13.1 Å². The Morgan fingerprint density at radius 3 is 2.73 bits per heavy atom. The molecule has 2 aromatic carbocycles. The maximum atomic E-state index is 12.7. The highest BCUT2D eigenvalue weighted by atomic mass is 32.2. The zero-order valence-electron chi connectivity index (χ0n) is 16.1. The Morgan fingerprint density at radius 2 is 2.00 bits per heavy atom. The number of aromatic hydroxyl groups is 1. The SMILES string of the molecule is Cc1ccc([S+]([O-])NCCNC(=O)c2ccc(O)c3[nH]c(-c4cccs4)nc23)cc1. The van der Waals surface area contributed by atoms with Crippen LogP contribution in [-0.4, -0.2) is 38.6 Å². The fourth-order valence-corrected chi connectivity index (χ4v) is 4.46. The Labute approximate surface area is 180 Å². The number of phenols is 1. The molecule has 1 atom stereocenters. The average Bonchev–Trinajstić information content (AvgIpc) is 3.42. The van der Waals surface area contributed by atoms with Gasteiger partial charge in [-0.2, -0.15) is 0 Å². The second-order valence-corrected chi connectivity index (χ2v) is 8.90. The van der Waals surface area contributed by atoms with Crippen LogP contribution in [0.1, 0.15) is 15.9 Å². The topological polar surface area (TPSA) is 113 Å². The number of aryl methyl sites for hydroxylation is 1. The first-order chi connectivity index (χ1) is 14.5. The average molecular weight is 441 g/mol. The van der Waals surface area contributed by atoms with Crippen LogP contribution in [0.5, 0.6) is 5.75 Å². The highest BCUT2D eigenvalue weighted by Gasteiger charge is 2.18. The largest absolute Gasteiger partial charge is 0.593 e. The number of hydrogen-bond acceptors (Lipinski definition) is 6. The number of thiophene rings is 1. The number of phenolic OH excluding ortho intramolecular Hbond substituents is 1. The maximum Gasteiger partial charge on any atom is 0.253 e. The highest BCUT2D eigenvalue weighted by molar-refractivity contribution is 7.89. The number of imidazole rings is 1. The van der Waals surface area contributed by atoms with Crippen LogP contribution < -0.4 is 10.0 Å². The first kappa shape index (κ1) is 20.4. The molecule has 2 aromatic heterocycles. The van der Waals surface area contributed by atoms with Gasteiger partial charge in [0.2, 0.25) is 0 Å². The quantitative estimate of drug-likeness (QED) is 0.260. The summed E-state index contributed by atoms with van der Waals surface area (Å²) < 4.78 is 15.1. The van der Waals surface area contributed by atoms with Crippen LogP contribution in [0, 0.1) is 6.92 Å². The third-order valence-electron chi connectivity index (χ3n) is 4.50. The molecule has 0 aliphatic carbocycles. The Balaban J connectivity index is 1.41. The predicted molar refractivity (Wildman–Crippen MR) is 119 cm³/mol. The van der Waals surface area contributed by atoms with Gasteiger partial charge < -0.3 is 20.0 Å². The molecule has 4 aromatic rings. The van der Waals surface area contributed by atoms with Gasteiger partial charge in [0.15, 0.2) is 4.90 Å². The number of H-pyrrole nitrogens is 1. The van der Waals surface area contributed by atoms with Gasteiger partial charge in [-0.25, -0.2) is 4.98 Å². The summed E-state index contributed by atoms with van der Waals surface area (Å²) in [6.07, 6.45) is 0. The van der Waals surface area contributed by atoms with Gasteiger partial charge in [-0.3, -0.25) is 4.79 Å². The lowest BCUT2D eigenvalue weighted by molar-refractivity contribution is 0.0956. The summed E-state index contributed by atoms with van der Waals surface area (Å²) >= 11 is 0.176. The molecule has 4 rings (SSSR count). The van der Waals surface area contributed by atoms with Crippen LogP contribution in [0.15, 0.2) is 58.8 Å². The fourth-order valence-electron chi connectivity index (χ4n) is 2.95. The minimum absolute atomic E-state index is 0.0343. The molecule has 9 heteroatoms. The van der Waals surface area contributed by atoms with E-state index in [1.807, 2.05) is 48.7 Å². The van der Waals surface area contributed by atoms with E-state index < -0.39 is 11.4 Å². The summed E-state index contributed by atoms with van der Waals surface area (Å²) in [6, 6.07) is 14.3. The maximum absolute atomic E-state index is 12.7. The Kier molecular flexibility index (Phi) is 6.05. The molecule has 154 valence electrons. The van der Waals surface area contributed by atoms with Gasteiger partial charge in [-0.05, 0) is 42.6 Å². The van der Waals surface area contributed by atoms with E-state index in [9.17, 15) is 14.5 Å². The molecule has 0 aliphatic rings. The van der Waals surface area contributed by atoms with Crippen LogP contribution >= 0.6 is 11.3 Å². The number of amides is 1. The van der Waals surface area contributed by atoms with Gasteiger partial charge in [0.25, 0.3) is 5.91 Å². The van der Waals surface area contributed by atoms with Crippen LogP contribution in [0.2, 0.25) is 0 Å². The lowest BCUT2D eigenvalue weighted by Crippen LogP contribution is -2.34. The molecule has 0 aliphatic heterocycles. The van der Waals surface area contributed by atoms with Crippen molar-refractivity contribution >= 4 is 39.6 Å². The van der Waals surface area contributed by atoms with E-state index in [0.717, 1.165) is 10.4 Å². The number of fused-ring (bicyclic) bond motifs is 1. The molecule has 0 spiro atoms. The summed E-state index contributed by atoms with van der Waals surface area (Å²) in [5, 5.41) is 14.9. The van der Waals surface area contributed by atoms with E-state index >= 15 is 0 Å². The number of aromatic amines is 1. The molecule has 4 N–H and O–H groups in total. The minimum Gasteiger partial charge on any atom is -0.593 e. The molecule has 0 radical (unpaired) electrons. The molecule has 30 heavy (non-hydrogen) atoms. The molecule has 7 nitrogen and oxygen atoms in total. The number of nitrogens with zero attached hydrogens (tertiary/aromatic N) is 1. The zero-order valence-corrected chi connectivity index (χ0v) is 17.8. The van der Waals surface area contributed by atoms with Crippen molar-refractivity contribution in [3.63, 3.8) is 0 Å². The van der Waals surface area contributed by atoms with E-state index in [-0.39, 0.29) is 11.7 Å². The van der Waals surface area contributed by atoms with Crippen molar-refractivity contribution in [1.29, 1.82) is 0 Å². The van der Waals surface area contributed by atoms with E-state index in [4.69, 9.17) is 0 Å². The molecule has 0 saturated carbocycles. The number of benzene rings is 2. The van der Waals surface area contributed by atoms with Crippen LogP contribution in [-0.2, 0) is 11.4 Å². The molecule has 0 bridgehead atoms. The van der Waals surface area contributed by atoms with Gasteiger partial charge in [-0.15, -0.1) is 16.1 Å². The smallest absolute Gasteiger partial charge is 0.253 e. The van der Waals surface area contributed by atoms with Crippen molar-refractivity contribution in [1.82, 2.24) is 20.0 Å². The predicted octanol–water partition coefficient (Wildman–Crippen LogP) is 3.35. The van der Waals surface area contributed by atoms with Gasteiger partial charge in [-0.1, -0.05) is 23.8 Å². The number of rotatable bonds is 7. The number of aromatic nitrogens is 2. The monoisotopic (exact) mass is 440 g/mol. The van der Waals surface area contributed by atoms with Crippen molar-refractivity contribution in [2.24, 2.45) is 0 Å². The van der Waals surface area contributed by atoms with Gasteiger partial charge in [0, 0.05) is 6.54 Å². The van der Waals surface area contributed by atoms with Crippen molar-refractivity contribution < 1.29 is 14.5 Å². The summed E-state index contributed by atoms with van der Waals surface area (Å²) in [6.45, 7) is 2.61. The first-order valence-electron chi connectivity index (χ1n) is 9.28. The third-order valence-corrected chi connectivity index (χ3v) is 6.54. The number of hydrogen-bond donors (Lipinski definition) is 4. The number of carbonyl (C=O) groups excluding carboxylic acids is 1. The fraction of sp³-hybridized carbons (Fsp3) is 0.143. The molecule has 0 fully saturated rings. The third kappa shape index (κ3) is 4.34. The van der Waals surface area contributed by atoms with Crippen LogP contribution in [0.3, 0.4) is 0 Å². The molecular formula is C21H20N4O3S2. The van der Waals surface area contributed by atoms with Gasteiger partial charge >= 0.3 is 0 Å².